The molecule has 2 aromatic carbocycles. The number of aliphatic hydroxyl groups excluding tert-OH is 1. The Bertz CT molecular complexity index is 760. The molecule has 3 N–H and O–H groups in total. The molecule has 0 amide bonds. The van der Waals surface area contributed by atoms with Gasteiger partial charge in [0.2, 0.25) is 0 Å². The van der Waals surface area contributed by atoms with E-state index in [1.54, 1.807) is 24.3 Å². The van der Waals surface area contributed by atoms with Gasteiger partial charge in [0.05, 0.1) is 33.5 Å². The van der Waals surface area contributed by atoms with E-state index in [2.05, 4.69) is 0 Å². The highest BCUT2D eigenvalue weighted by Gasteiger charge is 2.35. The van der Waals surface area contributed by atoms with Crippen LogP contribution in [0.15, 0.2) is 36.4 Å². The molecule has 6 nitrogen and oxygen atoms in total. The van der Waals surface area contributed by atoms with E-state index in [9.17, 15) is 15.3 Å². The van der Waals surface area contributed by atoms with Gasteiger partial charge in [0.1, 0.15) is 0 Å². The van der Waals surface area contributed by atoms with Crippen LogP contribution in [-0.2, 0) is 11.2 Å². The zero-order valence-corrected chi connectivity index (χ0v) is 14.9. The van der Waals surface area contributed by atoms with E-state index in [-0.39, 0.29) is 23.3 Å². The molecule has 3 atom stereocenters. The summed E-state index contributed by atoms with van der Waals surface area (Å²) in [6.45, 7) is 0.984. The van der Waals surface area contributed by atoms with Gasteiger partial charge in [0.15, 0.2) is 23.0 Å². The summed E-state index contributed by atoms with van der Waals surface area (Å²) in [5.41, 5.74) is 1.58. The molecule has 1 saturated heterocycles. The van der Waals surface area contributed by atoms with Gasteiger partial charge in [-0.05, 0) is 47.7 Å². The molecule has 0 aromatic heterocycles. The van der Waals surface area contributed by atoms with Crippen molar-refractivity contribution in [2.75, 3.05) is 27.4 Å². The number of benzene rings is 2. The standard InChI is InChI=1S/C20H24O6/c1-24-18-5-3-12(8-16(18)21)7-14-10-26-11-15(14)20(23)13-4-6-19(25-2)17(22)9-13/h3-6,8-9,14-15,20-23H,7,10-11H2,1-2H3/t14-,15+,20+/m0/s1. The zero-order valence-electron chi connectivity index (χ0n) is 14.9. The van der Waals surface area contributed by atoms with Crippen LogP contribution in [0.25, 0.3) is 0 Å². The number of aromatic hydroxyl groups is 2. The van der Waals surface area contributed by atoms with E-state index in [0.717, 1.165) is 5.56 Å². The Morgan fingerprint density at radius 3 is 2.27 bits per heavy atom. The Balaban J connectivity index is 1.75. The summed E-state index contributed by atoms with van der Waals surface area (Å²) in [7, 11) is 2.99. The van der Waals surface area contributed by atoms with Crippen LogP contribution in [0.3, 0.4) is 0 Å². The molecule has 1 heterocycles. The number of ether oxygens (including phenoxy) is 3. The molecular weight excluding hydrogens is 336 g/mol. The first-order valence-electron chi connectivity index (χ1n) is 8.52. The number of phenols is 2. The van der Waals surface area contributed by atoms with Crippen molar-refractivity contribution in [3.8, 4) is 23.0 Å². The van der Waals surface area contributed by atoms with Gasteiger partial charge in [-0.15, -0.1) is 0 Å². The third kappa shape index (κ3) is 3.71. The molecule has 3 rings (SSSR count). The highest BCUT2D eigenvalue weighted by molar-refractivity contribution is 5.43. The zero-order chi connectivity index (χ0) is 18.7. The van der Waals surface area contributed by atoms with E-state index in [0.29, 0.717) is 36.7 Å². The lowest BCUT2D eigenvalue weighted by atomic mass is 9.83. The van der Waals surface area contributed by atoms with Gasteiger partial charge in [-0.2, -0.15) is 0 Å². The average Bonchev–Trinajstić information content (AvgIpc) is 3.09. The Morgan fingerprint density at radius 2 is 1.65 bits per heavy atom. The summed E-state index contributed by atoms with van der Waals surface area (Å²) in [5, 5.41) is 30.7. The number of methoxy groups -OCH3 is 2. The molecule has 6 heteroatoms. The molecule has 26 heavy (non-hydrogen) atoms. The van der Waals surface area contributed by atoms with E-state index in [1.165, 1.54) is 20.3 Å². The quantitative estimate of drug-likeness (QED) is 0.734. The first kappa shape index (κ1) is 18.4. The Morgan fingerprint density at radius 1 is 1.00 bits per heavy atom. The van der Waals surface area contributed by atoms with Gasteiger partial charge >= 0.3 is 0 Å². The van der Waals surface area contributed by atoms with Crippen molar-refractivity contribution in [2.45, 2.75) is 12.5 Å². The smallest absolute Gasteiger partial charge is 0.160 e. The molecule has 0 radical (unpaired) electrons. The number of rotatable bonds is 6. The molecule has 140 valence electrons. The second-order valence-electron chi connectivity index (χ2n) is 6.55. The second-order valence-corrected chi connectivity index (χ2v) is 6.55. The van der Waals surface area contributed by atoms with Crippen LogP contribution < -0.4 is 9.47 Å². The van der Waals surface area contributed by atoms with Crippen LogP contribution >= 0.6 is 0 Å². The van der Waals surface area contributed by atoms with Crippen LogP contribution in [-0.4, -0.2) is 42.8 Å². The summed E-state index contributed by atoms with van der Waals surface area (Å²) in [5.74, 6) is 0.894. The topological polar surface area (TPSA) is 88.4 Å². The molecule has 0 saturated carbocycles. The minimum Gasteiger partial charge on any atom is -0.504 e. The minimum absolute atomic E-state index is 0.000378. The van der Waals surface area contributed by atoms with E-state index in [1.807, 2.05) is 6.07 Å². The minimum atomic E-state index is -0.758. The van der Waals surface area contributed by atoms with Crippen LogP contribution in [0.1, 0.15) is 17.2 Å². The number of phenolic OH excluding ortho intramolecular Hbond substituents is 2. The Labute approximate surface area is 152 Å². The normalized spacial score (nSPS) is 20.7. The third-order valence-corrected chi connectivity index (χ3v) is 4.94. The fraction of sp³-hybridized carbons (Fsp3) is 0.400. The van der Waals surface area contributed by atoms with Crippen molar-refractivity contribution >= 4 is 0 Å². The van der Waals surface area contributed by atoms with Crippen LogP contribution in [0.5, 0.6) is 23.0 Å². The predicted molar refractivity (Wildman–Crippen MR) is 95.8 cm³/mol. The monoisotopic (exact) mass is 360 g/mol. The molecule has 1 fully saturated rings. The third-order valence-electron chi connectivity index (χ3n) is 4.94. The van der Waals surface area contributed by atoms with Crippen molar-refractivity contribution < 1.29 is 29.5 Å². The maximum Gasteiger partial charge on any atom is 0.160 e. The molecule has 0 spiro atoms. The lowest BCUT2D eigenvalue weighted by molar-refractivity contribution is 0.0809. The molecular formula is C20H24O6. The van der Waals surface area contributed by atoms with Crippen LogP contribution in [0.2, 0.25) is 0 Å². The Hall–Kier alpha value is -2.44. The molecule has 0 bridgehead atoms. The number of hydrogen-bond acceptors (Lipinski definition) is 6. The summed E-state index contributed by atoms with van der Waals surface area (Å²) in [4.78, 5) is 0. The van der Waals surface area contributed by atoms with Crippen LogP contribution in [0.4, 0.5) is 0 Å². The average molecular weight is 360 g/mol. The van der Waals surface area contributed by atoms with Gasteiger partial charge in [-0.25, -0.2) is 0 Å². The van der Waals surface area contributed by atoms with Crippen molar-refractivity contribution in [2.24, 2.45) is 11.8 Å². The van der Waals surface area contributed by atoms with Crippen molar-refractivity contribution in [3.63, 3.8) is 0 Å². The molecule has 1 aliphatic rings. The van der Waals surface area contributed by atoms with Crippen molar-refractivity contribution in [1.82, 2.24) is 0 Å². The van der Waals surface area contributed by atoms with Gasteiger partial charge in [-0.1, -0.05) is 12.1 Å². The van der Waals surface area contributed by atoms with E-state index in [4.69, 9.17) is 14.2 Å². The van der Waals surface area contributed by atoms with E-state index >= 15 is 0 Å². The molecule has 0 aliphatic carbocycles. The predicted octanol–water partition coefficient (Wildman–Crippen LogP) is 2.65. The lowest BCUT2D eigenvalue weighted by Crippen LogP contribution is -2.22. The summed E-state index contributed by atoms with van der Waals surface area (Å²) < 4.78 is 15.7. The van der Waals surface area contributed by atoms with Crippen molar-refractivity contribution in [3.05, 3.63) is 47.5 Å². The van der Waals surface area contributed by atoms with Crippen molar-refractivity contribution in [1.29, 1.82) is 0 Å². The molecule has 0 unspecified atom stereocenters. The highest BCUT2D eigenvalue weighted by Crippen LogP contribution is 2.38. The molecule has 2 aromatic rings. The summed E-state index contributed by atoms with van der Waals surface area (Å²) in [6.07, 6.45) is -0.0901. The summed E-state index contributed by atoms with van der Waals surface area (Å²) in [6, 6.07) is 10.2. The maximum absolute atomic E-state index is 10.8. The maximum atomic E-state index is 10.8. The van der Waals surface area contributed by atoms with Gasteiger partial charge in [0.25, 0.3) is 0 Å². The Kier molecular flexibility index (Phi) is 5.54. The highest BCUT2D eigenvalue weighted by atomic mass is 16.5. The first-order chi connectivity index (χ1) is 12.5. The fourth-order valence-corrected chi connectivity index (χ4v) is 3.48. The van der Waals surface area contributed by atoms with Crippen LogP contribution in [0, 0.1) is 11.8 Å². The first-order valence-corrected chi connectivity index (χ1v) is 8.52. The SMILES string of the molecule is COc1ccc(C[C@H]2COC[C@H]2[C@H](O)c2ccc(OC)c(O)c2)cc1O. The van der Waals surface area contributed by atoms with Gasteiger partial charge < -0.3 is 29.5 Å². The molecule has 1 aliphatic heterocycles. The second kappa shape index (κ2) is 7.85. The number of aliphatic hydroxyl groups is 1. The number of hydrogen-bond donors (Lipinski definition) is 3. The fourth-order valence-electron chi connectivity index (χ4n) is 3.48. The van der Waals surface area contributed by atoms with Gasteiger partial charge in [-0.3, -0.25) is 0 Å². The van der Waals surface area contributed by atoms with Gasteiger partial charge in [0, 0.05) is 5.92 Å². The van der Waals surface area contributed by atoms with E-state index < -0.39 is 6.10 Å². The largest absolute Gasteiger partial charge is 0.504 e. The lowest BCUT2D eigenvalue weighted by Gasteiger charge is -2.24. The summed E-state index contributed by atoms with van der Waals surface area (Å²) >= 11 is 0.